The van der Waals surface area contributed by atoms with Crippen molar-refractivity contribution in [2.24, 2.45) is 21.7 Å². The van der Waals surface area contributed by atoms with Crippen LogP contribution >= 0.6 is 0 Å². The zero-order valence-electron chi connectivity index (χ0n) is 41.6. The number of sulfone groups is 5. The number of hydrogen-bond acceptors (Lipinski definition) is 10. The SMILES string of the molecule is C.C.C.C.C.C.C.C.C.CC(C)(C)CCCS(C)(=O)=O.CC(C)(C)CCS(C)(=O)=O.CC(C)(C)CCc1ccc(S(C)(=O)=O)cc1.CC(C)(C)CS(C)(=O)=O.CC(C)(C)c1ccc(CS(C)(=O)=O)cc1. The molecule has 0 unspecified atom stereocenters. The lowest BCUT2D eigenvalue weighted by Crippen LogP contribution is -2.19. The predicted molar refractivity (Wildman–Crippen MR) is 323 cm³/mol. The van der Waals surface area contributed by atoms with E-state index in [1.165, 1.54) is 42.4 Å². The van der Waals surface area contributed by atoms with Gasteiger partial charge in [-0.15, -0.1) is 0 Å². The van der Waals surface area contributed by atoms with E-state index < -0.39 is 49.2 Å². The molecule has 2 rings (SSSR count). The van der Waals surface area contributed by atoms with Gasteiger partial charge in [-0.1, -0.05) is 207 Å². The second kappa shape index (κ2) is 38.7. The summed E-state index contributed by atoms with van der Waals surface area (Å²) >= 11 is 0. The number of hydrogen-bond donors (Lipinski definition) is 0. The van der Waals surface area contributed by atoms with Gasteiger partial charge < -0.3 is 0 Å². The van der Waals surface area contributed by atoms with E-state index in [0.717, 1.165) is 37.7 Å². The Morgan fingerprint density at radius 3 is 0.900 bits per heavy atom. The molecule has 15 heteroatoms. The summed E-state index contributed by atoms with van der Waals surface area (Å²) in [5.74, 6) is 1.01. The van der Waals surface area contributed by atoms with E-state index in [-0.39, 0.29) is 100 Å². The van der Waals surface area contributed by atoms with Crippen LogP contribution in [-0.2, 0) is 66.8 Å². The Labute approximate surface area is 442 Å². The predicted octanol–water partition coefficient (Wildman–Crippen LogP) is 15.7. The first kappa shape index (κ1) is 97.5. The molecular formula is C55H122O10S5. The molecule has 0 radical (unpaired) electrons. The van der Waals surface area contributed by atoms with Crippen LogP contribution in [0.3, 0.4) is 0 Å². The van der Waals surface area contributed by atoms with Crippen LogP contribution in [0.25, 0.3) is 0 Å². The van der Waals surface area contributed by atoms with Gasteiger partial charge >= 0.3 is 0 Å². The molecule has 10 nitrogen and oxygen atoms in total. The van der Waals surface area contributed by atoms with Crippen molar-refractivity contribution in [2.75, 3.05) is 48.5 Å². The van der Waals surface area contributed by atoms with E-state index in [9.17, 15) is 42.1 Å². The first-order valence-electron chi connectivity index (χ1n) is 20.6. The van der Waals surface area contributed by atoms with Crippen LogP contribution in [0.15, 0.2) is 53.4 Å². The minimum atomic E-state index is -3.06. The average molecular weight is 1100 g/mol. The Hall–Kier alpha value is -1.81. The van der Waals surface area contributed by atoms with Gasteiger partial charge in [-0.2, -0.15) is 0 Å². The lowest BCUT2D eigenvalue weighted by atomic mass is 9.87. The lowest BCUT2D eigenvalue weighted by Gasteiger charge is -2.19. The molecule has 2 aromatic carbocycles. The maximum atomic E-state index is 11.3. The highest BCUT2D eigenvalue weighted by molar-refractivity contribution is 7.91. The third-order valence-electron chi connectivity index (χ3n) is 8.12. The standard InChI is InChI=1S/C13H20O2S.C12H18O2S.C8H18O2S.C7H16O2S.C6H14O2S.9CH4/c1-13(2,3)10-9-11-5-7-12(8-6-11)16(4,14)15;1-12(2,3)11-7-5-10(6-8-11)9-15(4,13)14;1-8(2,3)6-5-7-11(4,9)10;1-7(2,3)5-6-10(4,8)9;1-6(2,3)5-9(4,7)8;;;;;;;;;/h5-8H,9-10H2,1-4H3;5-8H,9H2,1-4H3;5-7H2,1-4H3;5-6H2,1-4H3;5H2,1-4H3;9*1H4. The first-order valence-corrected chi connectivity index (χ1v) is 30.7. The molecule has 0 N–H and O–H groups in total. The molecule has 0 saturated heterocycles. The van der Waals surface area contributed by atoms with Crippen molar-refractivity contribution < 1.29 is 42.1 Å². The van der Waals surface area contributed by atoms with Crippen LogP contribution in [0.5, 0.6) is 0 Å². The maximum absolute atomic E-state index is 11.3. The molecule has 432 valence electrons. The molecule has 0 heterocycles. The highest BCUT2D eigenvalue weighted by Crippen LogP contribution is 2.24. The zero-order chi connectivity index (χ0) is 49.3. The van der Waals surface area contributed by atoms with Crippen LogP contribution in [0.2, 0.25) is 0 Å². The second-order valence-electron chi connectivity index (χ2n) is 22.4. The van der Waals surface area contributed by atoms with E-state index in [1.807, 2.05) is 77.9 Å². The normalized spacial score (nSPS) is 11.5. The van der Waals surface area contributed by atoms with Gasteiger partial charge in [0, 0.05) is 37.0 Å². The average Bonchev–Trinajstić information content (AvgIpc) is 2.95. The highest BCUT2D eigenvalue weighted by Gasteiger charge is 2.17. The van der Waals surface area contributed by atoms with Crippen molar-refractivity contribution in [1.82, 2.24) is 0 Å². The molecule has 2 aromatic rings. The molecule has 0 fully saturated rings. The maximum Gasteiger partial charge on any atom is 0.175 e. The van der Waals surface area contributed by atoms with Crippen molar-refractivity contribution in [3.05, 3.63) is 65.2 Å². The Balaban J connectivity index is -0.0000000591. The highest BCUT2D eigenvalue weighted by atomic mass is 32.2. The smallest absolute Gasteiger partial charge is 0.175 e. The summed E-state index contributed by atoms with van der Waals surface area (Å²) in [6.07, 6.45) is 10.9. The van der Waals surface area contributed by atoms with E-state index in [1.54, 1.807) is 12.1 Å². The van der Waals surface area contributed by atoms with Gasteiger partial charge in [0.25, 0.3) is 0 Å². The monoisotopic (exact) mass is 1100 g/mol. The fourth-order valence-electron chi connectivity index (χ4n) is 4.97. The second-order valence-corrected chi connectivity index (χ2v) is 33.2. The molecular weight excluding hydrogens is 981 g/mol. The molecule has 0 atom stereocenters. The van der Waals surface area contributed by atoms with Crippen molar-refractivity contribution in [3.8, 4) is 0 Å². The van der Waals surface area contributed by atoms with E-state index in [0.29, 0.717) is 21.8 Å². The van der Waals surface area contributed by atoms with Gasteiger partial charge in [0.1, 0.15) is 29.5 Å². The number of benzene rings is 2. The summed E-state index contributed by atoms with van der Waals surface area (Å²) in [4.78, 5) is 0.395. The van der Waals surface area contributed by atoms with Gasteiger partial charge in [-0.3, -0.25) is 0 Å². The van der Waals surface area contributed by atoms with Gasteiger partial charge in [-0.25, -0.2) is 42.1 Å². The van der Waals surface area contributed by atoms with Crippen molar-refractivity contribution in [1.29, 1.82) is 0 Å². The molecule has 0 aliphatic rings. The molecule has 0 aliphatic carbocycles. The van der Waals surface area contributed by atoms with Crippen LogP contribution in [0.4, 0.5) is 0 Å². The minimum Gasteiger partial charge on any atom is -0.229 e. The summed E-state index contributed by atoms with van der Waals surface area (Å²) in [7, 11) is -14.3. The van der Waals surface area contributed by atoms with E-state index in [2.05, 4.69) is 62.3 Å². The number of rotatable bonds is 11. The summed E-state index contributed by atoms with van der Waals surface area (Å²) in [5.41, 5.74) is 3.98. The largest absolute Gasteiger partial charge is 0.229 e. The molecule has 0 saturated carbocycles. The molecule has 0 aromatic heterocycles. The molecule has 0 spiro atoms. The summed E-state index contributed by atoms with van der Waals surface area (Å²) in [5, 5.41) is 0. The summed E-state index contributed by atoms with van der Waals surface area (Å²) in [6, 6.07) is 15.0. The van der Waals surface area contributed by atoms with Gasteiger partial charge in [0.2, 0.25) is 0 Å². The van der Waals surface area contributed by atoms with E-state index in [4.69, 9.17) is 0 Å². The van der Waals surface area contributed by atoms with Gasteiger partial charge in [0.15, 0.2) is 19.7 Å². The van der Waals surface area contributed by atoms with Crippen LogP contribution in [0.1, 0.15) is 213 Å². The Kier molecular flexibility index (Phi) is 53.9. The van der Waals surface area contributed by atoms with Gasteiger partial charge in [-0.05, 0) is 88.0 Å². The minimum absolute atomic E-state index is 0. The molecule has 0 amide bonds. The number of aryl methyl sites for hydroxylation is 1. The van der Waals surface area contributed by atoms with Crippen molar-refractivity contribution in [3.63, 3.8) is 0 Å². The van der Waals surface area contributed by atoms with Crippen molar-refractivity contribution in [2.45, 2.75) is 219 Å². The van der Waals surface area contributed by atoms with Crippen LogP contribution < -0.4 is 0 Å². The Morgan fingerprint density at radius 1 is 0.357 bits per heavy atom. The van der Waals surface area contributed by atoms with Crippen molar-refractivity contribution >= 4 is 49.2 Å². The fraction of sp³-hybridized carbons (Fsp3) is 0.782. The Morgan fingerprint density at radius 2 is 0.686 bits per heavy atom. The zero-order valence-corrected chi connectivity index (χ0v) is 45.7. The summed E-state index contributed by atoms with van der Waals surface area (Å²) < 4.78 is 109. The van der Waals surface area contributed by atoms with E-state index >= 15 is 0 Å². The van der Waals surface area contributed by atoms with Crippen LogP contribution in [-0.4, -0.2) is 90.6 Å². The molecule has 70 heavy (non-hydrogen) atoms. The molecule has 0 aliphatic heterocycles. The topological polar surface area (TPSA) is 171 Å². The first-order chi connectivity index (χ1) is 26.5. The third-order valence-corrected chi connectivity index (χ3v) is 13.5. The fourth-order valence-corrected chi connectivity index (χ4v) is 9.62. The lowest BCUT2D eigenvalue weighted by molar-refractivity contribution is 0.373. The third kappa shape index (κ3) is 72.7. The molecule has 0 bridgehead atoms. The summed E-state index contributed by atoms with van der Waals surface area (Å²) in [6.45, 7) is 31.2. The quantitative estimate of drug-likeness (QED) is 0.211. The van der Waals surface area contributed by atoms with Gasteiger partial charge in [0.05, 0.1) is 22.2 Å². The van der Waals surface area contributed by atoms with Crippen LogP contribution in [0, 0.1) is 21.7 Å². The Bertz CT molecular complexity index is 2120.